The van der Waals surface area contributed by atoms with Crippen molar-refractivity contribution < 1.29 is 0 Å². The third-order valence-corrected chi connectivity index (χ3v) is 4.41. The third-order valence-electron chi connectivity index (χ3n) is 2.45. The van der Waals surface area contributed by atoms with Gasteiger partial charge in [-0.25, -0.2) is 0 Å². The molecule has 0 aliphatic heterocycles. The van der Waals surface area contributed by atoms with Gasteiger partial charge in [0.2, 0.25) is 0 Å². The first-order valence-electron chi connectivity index (χ1n) is 4.89. The molecule has 0 atom stereocenters. The van der Waals surface area contributed by atoms with Crippen molar-refractivity contribution in [2.45, 2.75) is 13.8 Å². The summed E-state index contributed by atoms with van der Waals surface area (Å²) in [6, 6.07) is 10.6. The van der Waals surface area contributed by atoms with E-state index in [9.17, 15) is 0 Å². The molecule has 2 aromatic rings. The fraction of sp³-hybridized carbons (Fsp3) is 0.154. The smallest absolute Gasteiger partial charge is 0.119 e. The van der Waals surface area contributed by atoms with Crippen molar-refractivity contribution in [1.82, 2.24) is 0 Å². The lowest BCUT2D eigenvalue weighted by molar-refractivity contribution is 1.40. The molecule has 16 heavy (non-hydrogen) atoms. The molecule has 1 nitrogen and oxygen atoms in total. The molecule has 0 amide bonds. The number of nitriles is 1. The average Bonchev–Trinajstić information content (AvgIpc) is 2.63. The topological polar surface area (TPSA) is 23.8 Å². The highest BCUT2D eigenvalue weighted by molar-refractivity contribution is 9.10. The number of hydrogen-bond acceptors (Lipinski definition) is 2. The second kappa shape index (κ2) is 4.40. The van der Waals surface area contributed by atoms with Gasteiger partial charge < -0.3 is 0 Å². The maximum absolute atomic E-state index is 8.93. The van der Waals surface area contributed by atoms with Crippen LogP contribution in [0.1, 0.15) is 16.0 Å². The summed E-state index contributed by atoms with van der Waals surface area (Å²) < 4.78 is 0.885. The van der Waals surface area contributed by atoms with Gasteiger partial charge in [0.25, 0.3) is 0 Å². The first kappa shape index (κ1) is 11.4. The SMILES string of the molecule is Cc1ccc(C)c(-c2cc(Br)c(C#N)s2)c1. The van der Waals surface area contributed by atoms with Crippen molar-refractivity contribution in [3.8, 4) is 16.5 Å². The van der Waals surface area contributed by atoms with Crippen molar-refractivity contribution in [2.75, 3.05) is 0 Å². The van der Waals surface area contributed by atoms with Crippen molar-refractivity contribution >= 4 is 27.3 Å². The molecule has 0 spiro atoms. The molecule has 2 rings (SSSR count). The normalized spacial score (nSPS) is 10.1. The second-order valence-electron chi connectivity index (χ2n) is 3.72. The number of aryl methyl sites for hydroxylation is 2. The standard InChI is InChI=1S/C13H10BrNS/c1-8-3-4-9(2)10(5-8)12-6-11(14)13(7-15)16-12/h3-6H,1-2H3. The van der Waals surface area contributed by atoms with Crippen LogP contribution in [-0.2, 0) is 0 Å². The van der Waals surface area contributed by atoms with E-state index in [1.807, 2.05) is 6.07 Å². The van der Waals surface area contributed by atoms with E-state index in [-0.39, 0.29) is 0 Å². The molecule has 1 aromatic heterocycles. The molecule has 80 valence electrons. The Hall–Kier alpha value is -1.11. The van der Waals surface area contributed by atoms with Crippen LogP contribution < -0.4 is 0 Å². The molecule has 0 saturated carbocycles. The minimum Gasteiger partial charge on any atom is -0.191 e. The molecule has 1 heterocycles. The van der Waals surface area contributed by atoms with Crippen LogP contribution in [0.3, 0.4) is 0 Å². The van der Waals surface area contributed by atoms with Gasteiger partial charge in [-0.15, -0.1) is 11.3 Å². The first-order valence-corrected chi connectivity index (χ1v) is 6.50. The van der Waals surface area contributed by atoms with Crippen LogP contribution in [0.15, 0.2) is 28.7 Å². The molecule has 0 unspecified atom stereocenters. The van der Waals surface area contributed by atoms with Gasteiger partial charge in [-0.3, -0.25) is 0 Å². The Morgan fingerprint density at radius 3 is 2.62 bits per heavy atom. The summed E-state index contributed by atoms with van der Waals surface area (Å²) in [4.78, 5) is 1.88. The summed E-state index contributed by atoms with van der Waals surface area (Å²) in [5, 5.41) is 8.93. The van der Waals surface area contributed by atoms with Crippen LogP contribution in [0.4, 0.5) is 0 Å². The lowest BCUT2D eigenvalue weighted by Crippen LogP contribution is -1.81. The van der Waals surface area contributed by atoms with Crippen molar-refractivity contribution in [2.24, 2.45) is 0 Å². The van der Waals surface area contributed by atoms with Crippen LogP contribution in [0.5, 0.6) is 0 Å². The molecular weight excluding hydrogens is 282 g/mol. The third kappa shape index (κ3) is 2.04. The van der Waals surface area contributed by atoms with Gasteiger partial charge in [-0.2, -0.15) is 5.26 Å². The fourth-order valence-corrected chi connectivity index (χ4v) is 3.22. The Labute approximate surface area is 107 Å². The van der Waals surface area contributed by atoms with Gasteiger partial charge in [-0.1, -0.05) is 23.8 Å². The summed E-state index contributed by atoms with van der Waals surface area (Å²) in [7, 11) is 0. The largest absolute Gasteiger partial charge is 0.191 e. The lowest BCUT2D eigenvalue weighted by atomic mass is 10.0. The Balaban J connectivity index is 2.59. The Morgan fingerprint density at radius 2 is 2.00 bits per heavy atom. The summed E-state index contributed by atoms with van der Waals surface area (Å²) >= 11 is 4.93. The van der Waals surface area contributed by atoms with Gasteiger partial charge in [0.15, 0.2) is 0 Å². The van der Waals surface area contributed by atoms with Gasteiger partial charge in [0.05, 0.1) is 0 Å². The number of halogens is 1. The predicted octanol–water partition coefficient (Wildman–Crippen LogP) is 4.67. The summed E-state index contributed by atoms with van der Waals surface area (Å²) in [6.45, 7) is 4.17. The minimum absolute atomic E-state index is 0.732. The maximum atomic E-state index is 8.93. The zero-order valence-corrected chi connectivity index (χ0v) is 11.4. The minimum atomic E-state index is 0.732. The number of hydrogen-bond donors (Lipinski definition) is 0. The summed E-state index contributed by atoms with van der Waals surface area (Å²) in [5.41, 5.74) is 3.69. The average molecular weight is 292 g/mol. The van der Waals surface area contributed by atoms with E-state index in [4.69, 9.17) is 5.26 Å². The van der Waals surface area contributed by atoms with E-state index in [0.717, 1.165) is 14.2 Å². The Kier molecular flexibility index (Phi) is 3.13. The Morgan fingerprint density at radius 1 is 1.25 bits per heavy atom. The number of benzene rings is 1. The molecular formula is C13H10BrNS. The van der Waals surface area contributed by atoms with Crippen molar-refractivity contribution in [3.05, 3.63) is 44.7 Å². The van der Waals surface area contributed by atoms with Crippen molar-refractivity contribution in [1.29, 1.82) is 5.26 Å². The molecule has 3 heteroatoms. The quantitative estimate of drug-likeness (QED) is 0.749. The van der Waals surface area contributed by atoms with Gasteiger partial charge in [-0.05, 0) is 47.0 Å². The van der Waals surface area contributed by atoms with E-state index in [0.29, 0.717) is 0 Å². The summed E-state index contributed by atoms with van der Waals surface area (Å²) in [5.74, 6) is 0. The second-order valence-corrected chi connectivity index (χ2v) is 5.62. The highest BCUT2D eigenvalue weighted by Crippen LogP contribution is 2.35. The summed E-state index contributed by atoms with van der Waals surface area (Å²) in [6.07, 6.45) is 0. The zero-order chi connectivity index (χ0) is 11.7. The van der Waals surface area contributed by atoms with Crippen LogP contribution >= 0.6 is 27.3 Å². The van der Waals surface area contributed by atoms with E-state index in [1.54, 1.807) is 0 Å². The van der Waals surface area contributed by atoms with E-state index >= 15 is 0 Å². The first-order chi connectivity index (χ1) is 7.61. The molecule has 0 saturated heterocycles. The highest BCUT2D eigenvalue weighted by atomic mass is 79.9. The number of rotatable bonds is 1. The number of thiophene rings is 1. The Bertz CT molecular complexity index is 578. The van der Waals surface area contributed by atoms with E-state index < -0.39 is 0 Å². The molecule has 0 bridgehead atoms. The zero-order valence-electron chi connectivity index (χ0n) is 9.04. The molecule has 0 aliphatic carbocycles. The molecule has 0 aliphatic rings. The lowest BCUT2D eigenvalue weighted by Gasteiger charge is -2.03. The van der Waals surface area contributed by atoms with Crippen LogP contribution in [0, 0.1) is 25.2 Å². The number of nitrogens with zero attached hydrogens (tertiary/aromatic N) is 1. The fourth-order valence-electron chi connectivity index (χ4n) is 1.58. The van der Waals surface area contributed by atoms with Gasteiger partial charge in [0, 0.05) is 9.35 Å². The van der Waals surface area contributed by atoms with Gasteiger partial charge >= 0.3 is 0 Å². The predicted molar refractivity (Wildman–Crippen MR) is 71.6 cm³/mol. The molecule has 0 radical (unpaired) electrons. The monoisotopic (exact) mass is 291 g/mol. The van der Waals surface area contributed by atoms with Gasteiger partial charge in [0.1, 0.15) is 10.9 Å². The van der Waals surface area contributed by atoms with Crippen LogP contribution in [-0.4, -0.2) is 0 Å². The van der Waals surface area contributed by atoms with Crippen molar-refractivity contribution in [3.63, 3.8) is 0 Å². The van der Waals surface area contributed by atoms with Crippen LogP contribution in [0.2, 0.25) is 0 Å². The van der Waals surface area contributed by atoms with Crippen LogP contribution in [0.25, 0.3) is 10.4 Å². The maximum Gasteiger partial charge on any atom is 0.119 e. The molecule has 1 aromatic carbocycles. The molecule has 0 N–H and O–H groups in total. The van der Waals surface area contributed by atoms with E-state index in [2.05, 4.69) is 54.0 Å². The molecule has 0 fully saturated rings. The highest BCUT2D eigenvalue weighted by Gasteiger charge is 2.09. The van der Waals surface area contributed by atoms with E-state index in [1.165, 1.54) is 28.0 Å².